The second kappa shape index (κ2) is 6.04. The van der Waals surface area contributed by atoms with Crippen LogP contribution in [0.3, 0.4) is 0 Å². The third kappa shape index (κ3) is 3.24. The first kappa shape index (κ1) is 13.8. The van der Waals surface area contributed by atoms with Crippen LogP contribution in [0.4, 0.5) is 5.69 Å². The number of benzene rings is 1. The molecule has 1 heterocycles. The van der Waals surface area contributed by atoms with Crippen molar-refractivity contribution in [3.05, 3.63) is 46.9 Å². The maximum absolute atomic E-state index is 11.7. The van der Waals surface area contributed by atoms with Crippen LogP contribution in [0, 0.1) is 0 Å². The van der Waals surface area contributed by atoms with Crippen LogP contribution in [0.1, 0.15) is 16.1 Å². The normalized spacial score (nSPS) is 10.3. The van der Waals surface area contributed by atoms with Crippen LogP contribution >= 0.6 is 24.2 Å². The van der Waals surface area contributed by atoms with Crippen molar-refractivity contribution in [3.63, 3.8) is 0 Å². The summed E-state index contributed by atoms with van der Waals surface area (Å²) in [6.45, 7) is 0.444. The molecule has 4 nitrogen and oxygen atoms in total. The Morgan fingerprint density at radius 1 is 1.53 bits per heavy atom. The number of thiol groups is 1. The molecule has 0 saturated heterocycles. The van der Waals surface area contributed by atoms with Gasteiger partial charge < -0.3 is 14.5 Å². The molecule has 100 valence electrons. The van der Waals surface area contributed by atoms with Crippen LogP contribution in [0.15, 0.2) is 39.8 Å². The number of carbonyl (C=O) groups is 1. The molecule has 0 aliphatic rings. The van der Waals surface area contributed by atoms with Gasteiger partial charge in [-0.25, -0.2) is 4.79 Å². The first-order valence-electron chi connectivity index (χ1n) is 5.49. The number of hydrogen-bond donors (Lipinski definition) is 2. The Balaban J connectivity index is 2.26. The second-order valence-corrected chi connectivity index (χ2v) is 4.66. The lowest BCUT2D eigenvalue weighted by atomic mass is 10.1. The Morgan fingerprint density at radius 2 is 2.32 bits per heavy atom. The van der Waals surface area contributed by atoms with Gasteiger partial charge >= 0.3 is 5.97 Å². The van der Waals surface area contributed by atoms with E-state index in [1.54, 1.807) is 24.5 Å². The molecule has 0 saturated carbocycles. The van der Waals surface area contributed by atoms with Crippen molar-refractivity contribution in [2.75, 3.05) is 12.4 Å². The number of nitrogens with one attached hydrogen (secondary N) is 1. The van der Waals surface area contributed by atoms with E-state index in [1.807, 2.05) is 6.07 Å². The molecule has 0 atom stereocenters. The highest BCUT2D eigenvalue weighted by Crippen LogP contribution is 2.28. The van der Waals surface area contributed by atoms with Gasteiger partial charge in [-0.05, 0) is 24.3 Å². The van der Waals surface area contributed by atoms with E-state index in [9.17, 15) is 4.79 Å². The zero-order valence-electron chi connectivity index (χ0n) is 10.1. The zero-order chi connectivity index (χ0) is 13.8. The SMILES string of the molecule is COC(=O)c1cc(S)c(Cl)cc1NCc1ccco1. The maximum atomic E-state index is 11.7. The van der Waals surface area contributed by atoms with Gasteiger partial charge in [0, 0.05) is 4.90 Å². The van der Waals surface area contributed by atoms with Gasteiger partial charge in [0.05, 0.1) is 36.2 Å². The van der Waals surface area contributed by atoms with Gasteiger partial charge in [0.15, 0.2) is 0 Å². The van der Waals surface area contributed by atoms with Crippen molar-refractivity contribution < 1.29 is 13.9 Å². The van der Waals surface area contributed by atoms with Gasteiger partial charge in [0.2, 0.25) is 0 Å². The number of ether oxygens (including phenoxy) is 1. The molecule has 0 amide bonds. The monoisotopic (exact) mass is 297 g/mol. The van der Waals surface area contributed by atoms with Gasteiger partial charge in [-0.2, -0.15) is 0 Å². The largest absolute Gasteiger partial charge is 0.467 e. The van der Waals surface area contributed by atoms with E-state index in [-0.39, 0.29) is 0 Å². The third-order valence-corrected chi connectivity index (χ3v) is 3.34. The average Bonchev–Trinajstić information content (AvgIpc) is 2.92. The smallest absolute Gasteiger partial charge is 0.340 e. The molecule has 1 aromatic heterocycles. The first-order chi connectivity index (χ1) is 9.11. The van der Waals surface area contributed by atoms with Gasteiger partial charge in [-0.3, -0.25) is 0 Å². The molecule has 2 rings (SSSR count). The molecule has 19 heavy (non-hydrogen) atoms. The van der Waals surface area contributed by atoms with Crippen molar-refractivity contribution in [3.8, 4) is 0 Å². The second-order valence-electron chi connectivity index (χ2n) is 3.77. The van der Waals surface area contributed by atoms with E-state index in [2.05, 4.69) is 17.9 Å². The van der Waals surface area contributed by atoms with E-state index < -0.39 is 5.97 Å². The van der Waals surface area contributed by atoms with Gasteiger partial charge in [0.1, 0.15) is 5.76 Å². The molecule has 0 aliphatic carbocycles. The highest BCUT2D eigenvalue weighted by molar-refractivity contribution is 7.80. The highest BCUT2D eigenvalue weighted by atomic mass is 35.5. The predicted molar refractivity (Wildman–Crippen MR) is 76.1 cm³/mol. The van der Waals surface area contributed by atoms with Crippen molar-refractivity contribution in [1.82, 2.24) is 0 Å². The van der Waals surface area contributed by atoms with Crippen LogP contribution in [0.2, 0.25) is 5.02 Å². The van der Waals surface area contributed by atoms with Gasteiger partial charge in [-0.15, -0.1) is 12.6 Å². The number of hydrogen-bond acceptors (Lipinski definition) is 5. The quantitative estimate of drug-likeness (QED) is 0.668. The Morgan fingerprint density at radius 3 is 2.95 bits per heavy atom. The molecule has 0 unspecified atom stereocenters. The Labute approximate surface area is 121 Å². The first-order valence-corrected chi connectivity index (χ1v) is 6.31. The summed E-state index contributed by atoms with van der Waals surface area (Å²) in [6, 6.07) is 6.84. The summed E-state index contributed by atoms with van der Waals surface area (Å²) in [5.74, 6) is 0.302. The number of esters is 1. The fourth-order valence-electron chi connectivity index (χ4n) is 1.58. The summed E-state index contributed by atoms with van der Waals surface area (Å²) in [5, 5.41) is 3.54. The van der Waals surface area contributed by atoms with Crippen LogP contribution < -0.4 is 5.32 Å². The predicted octanol–water partition coefficient (Wildman–Crippen LogP) is 3.62. The number of rotatable bonds is 4. The van der Waals surface area contributed by atoms with Crippen molar-refractivity contribution >= 4 is 35.9 Å². The van der Waals surface area contributed by atoms with E-state index in [1.165, 1.54) is 7.11 Å². The van der Waals surface area contributed by atoms with Crippen molar-refractivity contribution in [2.24, 2.45) is 0 Å². The Hall–Kier alpha value is -1.59. The van der Waals surface area contributed by atoms with E-state index in [0.717, 1.165) is 5.76 Å². The van der Waals surface area contributed by atoms with E-state index in [0.29, 0.717) is 27.7 Å². The number of carbonyl (C=O) groups excluding carboxylic acids is 1. The van der Waals surface area contributed by atoms with Crippen LogP contribution in [-0.2, 0) is 11.3 Å². The van der Waals surface area contributed by atoms with E-state index in [4.69, 9.17) is 20.8 Å². The Kier molecular flexibility index (Phi) is 4.39. The summed E-state index contributed by atoms with van der Waals surface area (Å²) in [6.07, 6.45) is 1.59. The zero-order valence-corrected chi connectivity index (χ0v) is 11.8. The molecule has 0 bridgehead atoms. The van der Waals surface area contributed by atoms with Crippen LogP contribution in [0.5, 0.6) is 0 Å². The van der Waals surface area contributed by atoms with E-state index >= 15 is 0 Å². The number of halogens is 1. The lowest BCUT2D eigenvalue weighted by molar-refractivity contribution is 0.0601. The molecule has 1 aromatic carbocycles. The molecule has 0 radical (unpaired) electrons. The lowest BCUT2D eigenvalue weighted by Crippen LogP contribution is -2.08. The molecule has 2 aromatic rings. The number of furan rings is 1. The maximum Gasteiger partial charge on any atom is 0.340 e. The Bertz CT molecular complexity index is 584. The standard InChI is InChI=1S/C13H12ClNO3S/c1-17-13(16)9-5-12(19)10(14)6-11(9)15-7-8-3-2-4-18-8/h2-6,15,19H,7H2,1H3. The molecule has 0 fully saturated rings. The number of anilines is 1. The van der Waals surface area contributed by atoms with Crippen LogP contribution in [0.25, 0.3) is 0 Å². The molecular formula is C13H12ClNO3S. The minimum absolute atomic E-state index is 0.378. The summed E-state index contributed by atoms with van der Waals surface area (Å²) in [5.41, 5.74) is 0.953. The minimum Gasteiger partial charge on any atom is -0.467 e. The highest BCUT2D eigenvalue weighted by Gasteiger charge is 2.14. The average molecular weight is 298 g/mol. The molecular weight excluding hydrogens is 286 g/mol. The van der Waals surface area contributed by atoms with Crippen molar-refractivity contribution in [1.29, 1.82) is 0 Å². The summed E-state index contributed by atoms with van der Waals surface area (Å²) in [7, 11) is 1.32. The summed E-state index contributed by atoms with van der Waals surface area (Å²) < 4.78 is 9.94. The lowest BCUT2D eigenvalue weighted by Gasteiger charge is -2.11. The number of methoxy groups -OCH3 is 1. The van der Waals surface area contributed by atoms with Gasteiger partial charge in [-0.1, -0.05) is 11.6 Å². The minimum atomic E-state index is -0.450. The molecule has 1 N–H and O–H groups in total. The summed E-state index contributed by atoms with van der Waals surface area (Å²) in [4.78, 5) is 12.2. The third-order valence-electron chi connectivity index (χ3n) is 2.53. The van der Waals surface area contributed by atoms with Gasteiger partial charge in [0.25, 0.3) is 0 Å². The summed E-state index contributed by atoms with van der Waals surface area (Å²) >= 11 is 10.2. The molecule has 0 aliphatic heterocycles. The van der Waals surface area contributed by atoms with Crippen molar-refractivity contribution in [2.45, 2.75) is 11.4 Å². The molecule has 6 heteroatoms. The fraction of sp³-hybridized carbons (Fsp3) is 0.154. The fourth-order valence-corrected chi connectivity index (χ4v) is 1.94. The molecule has 0 spiro atoms. The van der Waals surface area contributed by atoms with Crippen LogP contribution in [-0.4, -0.2) is 13.1 Å². The topological polar surface area (TPSA) is 51.5 Å².